The van der Waals surface area contributed by atoms with E-state index >= 15 is 0 Å². The van der Waals surface area contributed by atoms with Gasteiger partial charge in [0, 0.05) is 16.5 Å². The standard InChI is InChI=1S/C22H17ClN2O3S/c1-27-19-11-16(10-17(23)20(19)28-2)21(26)25-22-24-18(12-29-22)15-8-7-13-5-3-4-6-14(13)9-15/h3-12H,1-2H3,(H,24,25,26). The van der Waals surface area contributed by atoms with E-state index < -0.39 is 0 Å². The van der Waals surface area contributed by atoms with Gasteiger partial charge in [0.05, 0.1) is 24.9 Å². The number of aromatic nitrogens is 1. The summed E-state index contributed by atoms with van der Waals surface area (Å²) in [7, 11) is 2.99. The van der Waals surface area contributed by atoms with Crippen molar-refractivity contribution >= 4 is 44.7 Å². The highest BCUT2D eigenvalue weighted by Gasteiger charge is 2.16. The zero-order valence-electron chi connectivity index (χ0n) is 15.7. The average molecular weight is 425 g/mol. The predicted octanol–water partition coefficient (Wildman–Crippen LogP) is 5.89. The first-order valence-corrected chi connectivity index (χ1v) is 10.0. The molecule has 0 bridgehead atoms. The number of nitrogens with one attached hydrogen (secondary N) is 1. The van der Waals surface area contributed by atoms with E-state index in [1.54, 1.807) is 6.07 Å². The zero-order valence-corrected chi connectivity index (χ0v) is 17.3. The molecule has 5 nitrogen and oxygen atoms in total. The van der Waals surface area contributed by atoms with E-state index in [0.717, 1.165) is 16.6 Å². The van der Waals surface area contributed by atoms with Crippen molar-refractivity contribution in [1.29, 1.82) is 0 Å². The summed E-state index contributed by atoms with van der Waals surface area (Å²) in [4.78, 5) is 17.2. The molecule has 0 saturated carbocycles. The first kappa shape index (κ1) is 19.2. The Labute approximate surface area is 176 Å². The minimum absolute atomic E-state index is 0.299. The van der Waals surface area contributed by atoms with Crippen LogP contribution in [0.3, 0.4) is 0 Å². The van der Waals surface area contributed by atoms with E-state index in [4.69, 9.17) is 21.1 Å². The number of halogens is 1. The molecule has 0 saturated heterocycles. The summed E-state index contributed by atoms with van der Waals surface area (Å²) in [6, 6.07) is 17.4. The molecule has 0 aliphatic rings. The van der Waals surface area contributed by atoms with E-state index in [2.05, 4.69) is 34.6 Å². The maximum atomic E-state index is 12.7. The monoisotopic (exact) mass is 424 g/mol. The summed E-state index contributed by atoms with van der Waals surface area (Å²) in [5.74, 6) is 0.451. The predicted molar refractivity (Wildman–Crippen MR) is 118 cm³/mol. The van der Waals surface area contributed by atoms with Gasteiger partial charge in [-0.1, -0.05) is 48.0 Å². The van der Waals surface area contributed by atoms with E-state index in [1.807, 2.05) is 23.6 Å². The van der Waals surface area contributed by atoms with Gasteiger partial charge in [0.25, 0.3) is 5.91 Å². The van der Waals surface area contributed by atoms with Crippen LogP contribution in [0.15, 0.2) is 60.0 Å². The summed E-state index contributed by atoms with van der Waals surface area (Å²) in [6.45, 7) is 0. The number of amides is 1. The number of rotatable bonds is 5. The number of methoxy groups -OCH3 is 2. The molecule has 0 unspecified atom stereocenters. The second kappa shape index (κ2) is 8.11. The minimum atomic E-state index is -0.327. The van der Waals surface area contributed by atoms with Gasteiger partial charge in [-0.3, -0.25) is 10.1 Å². The highest BCUT2D eigenvalue weighted by molar-refractivity contribution is 7.14. The molecule has 7 heteroatoms. The Balaban J connectivity index is 1.57. The largest absolute Gasteiger partial charge is 0.493 e. The molecule has 1 aromatic heterocycles. The second-order valence-electron chi connectivity index (χ2n) is 6.25. The van der Waals surface area contributed by atoms with Crippen LogP contribution in [0.4, 0.5) is 5.13 Å². The highest BCUT2D eigenvalue weighted by Crippen LogP contribution is 2.36. The van der Waals surface area contributed by atoms with E-state index in [0.29, 0.717) is 27.2 Å². The number of hydrogen-bond donors (Lipinski definition) is 1. The van der Waals surface area contributed by atoms with Crippen molar-refractivity contribution in [3.05, 3.63) is 70.6 Å². The highest BCUT2D eigenvalue weighted by atomic mass is 35.5. The summed E-state index contributed by atoms with van der Waals surface area (Å²) in [5.41, 5.74) is 2.16. The normalized spacial score (nSPS) is 10.7. The molecule has 4 rings (SSSR count). The van der Waals surface area contributed by atoms with Gasteiger partial charge >= 0.3 is 0 Å². The maximum absolute atomic E-state index is 12.7. The Morgan fingerprint density at radius 2 is 1.83 bits per heavy atom. The molecule has 146 valence electrons. The van der Waals surface area contributed by atoms with E-state index in [-0.39, 0.29) is 5.91 Å². The fourth-order valence-corrected chi connectivity index (χ4v) is 4.03. The number of anilines is 1. The van der Waals surface area contributed by atoms with Crippen LogP contribution >= 0.6 is 22.9 Å². The fraction of sp³-hybridized carbons (Fsp3) is 0.0909. The average Bonchev–Trinajstić information content (AvgIpc) is 3.21. The van der Waals surface area contributed by atoms with Crippen LogP contribution in [0, 0.1) is 0 Å². The van der Waals surface area contributed by atoms with Gasteiger partial charge in [-0.15, -0.1) is 11.3 Å². The topological polar surface area (TPSA) is 60.5 Å². The molecular formula is C22H17ClN2O3S. The smallest absolute Gasteiger partial charge is 0.257 e. The molecule has 0 fully saturated rings. The third-order valence-electron chi connectivity index (χ3n) is 4.47. The fourth-order valence-electron chi connectivity index (χ4n) is 3.03. The van der Waals surface area contributed by atoms with Gasteiger partial charge in [-0.25, -0.2) is 4.98 Å². The van der Waals surface area contributed by atoms with Gasteiger partial charge in [0.2, 0.25) is 0 Å². The molecule has 0 aliphatic carbocycles. The van der Waals surface area contributed by atoms with Crippen molar-refractivity contribution in [3.63, 3.8) is 0 Å². The second-order valence-corrected chi connectivity index (χ2v) is 7.51. The van der Waals surface area contributed by atoms with E-state index in [1.165, 1.54) is 37.0 Å². The molecule has 1 heterocycles. The summed E-state index contributed by atoms with van der Waals surface area (Å²) in [6.07, 6.45) is 0. The Bertz CT molecular complexity index is 1210. The maximum Gasteiger partial charge on any atom is 0.257 e. The molecule has 1 N–H and O–H groups in total. The van der Waals surface area contributed by atoms with Gasteiger partial charge in [0.15, 0.2) is 16.6 Å². The number of carbonyl (C=O) groups excluding carboxylic acids is 1. The van der Waals surface area contributed by atoms with Crippen molar-refractivity contribution in [2.45, 2.75) is 0 Å². The summed E-state index contributed by atoms with van der Waals surface area (Å²) >= 11 is 7.56. The SMILES string of the molecule is COc1cc(C(=O)Nc2nc(-c3ccc4ccccc4c3)cs2)cc(Cl)c1OC. The molecule has 3 aromatic carbocycles. The lowest BCUT2D eigenvalue weighted by molar-refractivity contribution is 0.102. The number of fused-ring (bicyclic) bond motifs is 1. The minimum Gasteiger partial charge on any atom is -0.493 e. The number of ether oxygens (including phenoxy) is 2. The first-order valence-electron chi connectivity index (χ1n) is 8.76. The lowest BCUT2D eigenvalue weighted by atomic mass is 10.1. The van der Waals surface area contributed by atoms with Crippen molar-refractivity contribution in [2.24, 2.45) is 0 Å². The van der Waals surface area contributed by atoms with Gasteiger partial charge in [-0.2, -0.15) is 0 Å². The van der Waals surface area contributed by atoms with Crippen LogP contribution < -0.4 is 14.8 Å². The zero-order chi connectivity index (χ0) is 20.4. The Morgan fingerprint density at radius 1 is 1.03 bits per heavy atom. The molecule has 0 atom stereocenters. The molecule has 0 radical (unpaired) electrons. The van der Waals surface area contributed by atoms with Crippen molar-refractivity contribution in [2.75, 3.05) is 19.5 Å². The quantitative estimate of drug-likeness (QED) is 0.434. The molecule has 29 heavy (non-hydrogen) atoms. The Morgan fingerprint density at radius 3 is 2.59 bits per heavy atom. The van der Waals surface area contributed by atoms with Gasteiger partial charge in [0.1, 0.15) is 0 Å². The lowest BCUT2D eigenvalue weighted by Gasteiger charge is -2.11. The number of benzene rings is 3. The van der Waals surface area contributed by atoms with E-state index in [9.17, 15) is 4.79 Å². The molecular weight excluding hydrogens is 408 g/mol. The Kier molecular flexibility index (Phi) is 5.38. The van der Waals surface area contributed by atoms with Gasteiger partial charge < -0.3 is 9.47 Å². The van der Waals surface area contributed by atoms with Crippen molar-refractivity contribution in [3.8, 4) is 22.8 Å². The summed E-state index contributed by atoms with van der Waals surface area (Å²) < 4.78 is 10.5. The van der Waals surface area contributed by atoms with Crippen LogP contribution in [0.5, 0.6) is 11.5 Å². The molecule has 4 aromatic rings. The third-order valence-corrected chi connectivity index (χ3v) is 5.50. The van der Waals surface area contributed by atoms with Crippen molar-refractivity contribution in [1.82, 2.24) is 4.98 Å². The Hall–Kier alpha value is -3.09. The lowest BCUT2D eigenvalue weighted by Crippen LogP contribution is -2.12. The van der Waals surface area contributed by atoms with Crippen LogP contribution in [0.1, 0.15) is 10.4 Å². The number of hydrogen-bond acceptors (Lipinski definition) is 5. The van der Waals surface area contributed by atoms with Crippen molar-refractivity contribution < 1.29 is 14.3 Å². The van der Waals surface area contributed by atoms with Crippen LogP contribution in [-0.2, 0) is 0 Å². The number of thiazole rings is 1. The summed E-state index contributed by atoms with van der Waals surface area (Å²) in [5, 5.41) is 7.85. The van der Waals surface area contributed by atoms with Crippen LogP contribution in [0.25, 0.3) is 22.0 Å². The molecule has 0 spiro atoms. The van der Waals surface area contributed by atoms with Gasteiger partial charge in [-0.05, 0) is 29.0 Å². The number of carbonyl (C=O) groups is 1. The van der Waals surface area contributed by atoms with Crippen LogP contribution in [-0.4, -0.2) is 25.1 Å². The first-order chi connectivity index (χ1) is 14.1. The molecule has 1 amide bonds. The number of nitrogens with zero attached hydrogens (tertiary/aromatic N) is 1. The third kappa shape index (κ3) is 3.90. The van der Waals surface area contributed by atoms with Crippen LogP contribution in [0.2, 0.25) is 5.02 Å². The molecule has 0 aliphatic heterocycles.